The number of fused-ring (bicyclic) bond motifs is 1. The summed E-state index contributed by atoms with van der Waals surface area (Å²) in [5.41, 5.74) is 1.93. The minimum Gasteiger partial charge on any atom is -0.480 e. The van der Waals surface area contributed by atoms with Gasteiger partial charge in [0.05, 0.1) is 28.4 Å². The molecule has 0 bridgehead atoms. The van der Waals surface area contributed by atoms with Crippen LogP contribution in [0.4, 0.5) is 16.3 Å². The van der Waals surface area contributed by atoms with Gasteiger partial charge < -0.3 is 9.47 Å². The van der Waals surface area contributed by atoms with Gasteiger partial charge in [-0.05, 0) is 45.9 Å². The zero-order chi connectivity index (χ0) is 28.5. The maximum Gasteiger partial charge on any atom is 0.413 e. The number of aryl methyl sites for hydroxylation is 1. The number of halogens is 2. The number of hydrogen-bond donors (Lipinski definition) is 2. The molecule has 3 heterocycles. The maximum atomic E-state index is 13.2. The van der Waals surface area contributed by atoms with E-state index >= 15 is 0 Å². The monoisotopic (exact) mass is 589 g/mol. The Labute approximate surface area is 235 Å². The SMILES string of the molecule is COc1ncc(Cl)cc1S(=O)(=O)Nc1cccc(-c2cc3cnc(NC(=O)OC(C)(C)C)cc3nc2C)c1Cl. The van der Waals surface area contributed by atoms with Crippen molar-refractivity contribution in [1.82, 2.24) is 15.0 Å². The second-order valence-electron chi connectivity index (χ2n) is 9.44. The zero-order valence-corrected chi connectivity index (χ0v) is 24.0. The predicted octanol–water partition coefficient (Wildman–Crippen LogP) is 6.46. The van der Waals surface area contributed by atoms with Gasteiger partial charge in [-0.1, -0.05) is 35.3 Å². The highest BCUT2D eigenvalue weighted by molar-refractivity contribution is 7.92. The van der Waals surface area contributed by atoms with Crippen LogP contribution in [0.1, 0.15) is 26.5 Å². The van der Waals surface area contributed by atoms with Crippen LogP contribution in [0, 0.1) is 6.92 Å². The third-order valence-corrected chi connectivity index (χ3v) is 7.29. The Kier molecular flexibility index (Phi) is 7.87. The first-order valence-electron chi connectivity index (χ1n) is 11.6. The normalized spacial score (nSPS) is 11.8. The van der Waals surface area contributed by atoms with E-state index in [0.29, 0.717) is 27.7 Å². The molecule has 0 aliphatic carbocycles. The molecule has 39 heavy (non-hydrogen) atoms. The number of carbonyl (C=O) groups is 1. The van der Waals surface area contributed by atoms with Crippen LogP contribution in [-0.2, 0) is 14.8 Å². The summed E-state index contributed by atoms with van der Waals surface area (Å²) in [5, 5.41) is 3.58. The molecule has 0 atom stereocenters. The third-order valence-electron chi connectivity index (χ3n) is 5.32. The molecule has 0 saturated carbocycles. The molecular formula is C26H25Cl2N5O5S. The van der Waals surface area contributed by atoms with Crippen LogP contribution in [0.3, 0.4) is 0 Å². The van der Waals surface area contributed by atoms with E-state index < -0.39 is 21.7 Å². The topological polar surface area (TPSA) is 132 Å². The molecule has 10 nitrogen and oxygen atoms in total. The lowest BCUT2D eigenvalue weighted by Crippen LogP contribution is -2.27. The number of aromatic nitrogens is 3. The number of anilines is 2. The van der Waals surface area contributed by atoms with Crippen LogP contribution >= 0.6 is 23.2 Å². The van der Waals surface area contributed by atoms with Gasteiger partial charge in [0, 0.05) is 40.7 Å². The highest BCUT2D eigenvalue weighted by Crippen LogP contribution is 2.38. The summed E-state index contributed by atoms with van der Waals surface area (Å²) in [6.45, 7) is 7.10. The predicted molar refractivity (Wildman–Crippen MR) is 151 cm³/mol. The number of sulfonamides is 1. The Bertz CT molecular complexity index is 1690. The van der Waals surface area contributed by atoms with Crippen molar-refractivity contribution in [2.75, 3.05) is 17.1 Å². The van der Waals surface area contributed by atoms with E-state index in [2.05, 4.69) is 25.0 Å². The van der Waals surface area contributed by atoms with Gasteiger partial charge in [-0.15, -0.1) is 0 Å². The van der Waals surface area contributed by atoms with Gasteiger partial charge in [0.15, 0.2) is 4.90 Å². The third kappa shape index (κ3) is 6.49. The average molecular weight is 590 g/mol. The number of pyridine rings is 3. The van der Waals surface area contributed by atoms with Gasteiger partial charge in [0.1, 0.15) is 11.4 Å². The standard InChI is InChI=1S/C26H25Cl2N5O5S/c1-14-18(9-15-12-29-22(11-20(15)31-14)32-25(34)38-26(2,3)4)17-7-6-8-19(23(17)28)33-39(35,36)21-10-16(27)13-30-24(21)37-5/h6-13,33H,1-5H3,(H,29,32,34). The van der Waals surface area contributed by atoms with Crippen molar-refractivity contribution in [2.45, 2.75) is 38.2 Å². The molecule has 0 fully saturated rings. The summed E-state index contributed by atoms with van der Waals surface area (Å²) in [6.07, 6.45) is 2.23. The van der Waals surface area contributed by atoms with Gasteiger partial charge in [-0.3, -0.25) is 15.0 Å². The number of carbonyl (C=O) groups excluding carboxylic acids is 1. The molecule has 0 unspecified atom stereocenters. The lowest BCUT2D eigenvalue weighted by molar-refractivity contribution is 0.0635. The van der Waals surface area contributed by atoms with Gasteiger partial charge in [0.25, 0.3) is 10.0 Å². The minimum absolute atomic E-state index is 0.109. The van der Waals surface area contributed by atoms with Gasteiger partial charge in [-0.2, -0.15) is 0 Å². The van der Waals surface area contributed by atoms with Gasteiger partial charge >= 0.3 is 6.09 Å². The fourth-order valence-corrected chi connectivity index (χ4v) is 5.46. The number of nitrogens with zero attached hydrogens (tertiary/aromatic N) is 3. The Morgan fingerprint density at radius 2 is 1.77 bits per heavy atom. The molecular weight excluding hydrogens is 565 g/mol. The summed E-state index contributed by atoms with van der Waals surface area (Å²) in [7, 11) is -2.84. The molecule has 4 rings (SSSR count). The number of benzene rings is 1. The van der Waals surface area contributed by atoms with Crippen LogP contribution in [0.25, 0.3) is 22.0 Å². The average Bonchev–Trinajstić information content (AvgIpc) is 2.84. The van der Waals surface area contributed by atoms with E-state index in [1.807, 2.05) is 6.07 Å². The maximum absolute atomic E-state index is 13.2. The molecule has 204 valence electrons. The highest BCUT2D eigenvalue weighted by atomic mass is 35.5. The summed E-state index contributed by atoms with van der Waals surface area (Å²) in [5.74, 6) is 0.179. The second-order valence-corrected chi connectivity index (χ2v) is 11.9. The molecule has 2 N–H and O–H groups in total. The van der Waals surface area contributed by atoms with Crippen molar-refractivity contribution in [3.05, 3.63) is 64.5 Å². The highest BCUT2D eigenvalue weighted by Gasteiger charge is 2.24. The number of methoxy groups -OCH3 is 1. The Hall–Kier alpha value is -3.67. The second kappa shape index (κ2) is 10.8. The number of ether oxygens (including phenoxy) is 2. The minimum atomic E-state index is -4.15. The number of nitrogens with one attached hydrogen (secondary N) is 2. The molecule has 0 aliphatic rings. The lowest BCUT2D eigenvalue weighted by Gasteiger charge is -2.19. The summed E-state index contributed by atoms with van der Waals surface area (Å²) in [4.78, 5) is 24.7. The number of rotatable bonds is 6. The summed E-state index contributed by atoms with van der Waals surface area (Å²) >= 11 is 12.7. The van der Waals surface area contributed by atoms with E-state index in [-0.39, 0.29) is 32.3 Å². The Morgan fingerprint density at radius 3 is 2.46 bits per heavy atom. The quantitative estimate of drug-likeness (QED) is 0.261. The van der Waals surface area contributed by atoms with Crippen LogP contribution < -0.4 is 14.8 Å². The first-order valence-corrected chi connectivity index (χ1v) is 13.8. The van der Waals surface area contributed by atoms with E-state index in [9.17, 15) is 13.2 Å². The van der Waals surface area contributed by atoms with Gasteiger partial charge in [-0.25, -0.2) is 23.2 Å². The van der Waals surface area contributed by atoms with Crippen LogP contribution in [0.2, 0.25) is 10.0 Å². The molecule has 4 aromatic rings. The number of hydrogen-bond acceptors (Lipinski definition) is 8. The van der Waals surface area contributed by atoms with E-state index in [1.165, 1.54) is 25.4 Å². The largest absolute Gasteiger partial charge is 0.480 e. The Balaban J connectivity index is 1.67. The molecule has 1 aromatic carbocycles. The molecule has 0 spiro atoms. The molecule has 13 heteroatoms. The number of amides is 1. The van der Waals surface area contributed by atoms with Crippen LogP contribution in [0.5, 0.6) is 5.88 Å². The molecule has 0 radical (unpaired) electrons. The summed E-state index contributed by atoms with van der Waals surface area (Å²) < 4.78 is 39.2. The van der Waals surface area contributed by atoms with E-state index in [0.717, 1.165) is 0 Å². The summed E-state index contributed by atoms with van der Waals surface area (Å²) in [6, 6.07) is 9.67. The molecule has 1 amide bonds. The smallest absolute Gasteiger partial charge is 0.413 e. The van der Waals surface area contributed by atoms with Crippen LogP contribution in [0.15, 0.2) is 53.7 Å². The molecule has 3 aromatic heterocycles. The van der Waals surface area contributed by atoms with Crippen LogP contribution in [-0.4, -0.2) is 42.2 Å². The fourth-order valence-electron chi connectivity index (χ4n) is 3.69. The Morgan fingerprint density at radius 1 is 1.03 bits per heavy atom. The van der Waals surface area contributed by atoms with Crippen molar-refractivity contribution in [3.63, 3.8) is 0 Å². The van der Waals surface area contributed by atoms with E-state index in [1.54, 1.807) is 52.1 Å². The first-order chi connectivity index (χ1) is 18.3. The molecule has 0 saturated heterocycles. The first kappa shape index (κ1) is 28.3. The van der Waals surface area contributed by atoms with E-state index in [4.69, 9.17) is 32.7 Å². The van der Waals surface area contributed by atoms with Crippen molar-refractivity contribution in [3.8, 4) is 17.0 Å². The lowest BCUT2D eigenvalue weighted by atomic mass is 10.0. The van der Waals surface area contributed by atoms with Crippen molar-refractivity contribution in [2.24, 2.45) is 0 Å². The zero-order valence-electron chi connectivity index (χ0n) is 21.7. The van der Waals surface area contributed by atoms with Gasteiger partial charge in [0.2, 0.25) is 5.88 Å². The van der Waals surface area contributed by atoms with Crippen molar-refractivity contribution < 1.29 is 22.7 Å². The molecule has 0 aliphatic heterocycles. The fraction of sp³-hybridized carbons (Fsp3) is 0.231. The van der Waals surface area contributed by atoms with Crippen molar-refractivity contribution >= 4 is 61.7 Å². The van der Waals surface area contributed by atoms with Crippen molar-refractivity contribution in [1.29, 1.82) is 0 Å².